The number of hydrogen-bond donors (Lipinski definition) is 2. The van der Waals surface area contributed by atoms with Crippen molar-refractivity contribution in [3.05, 3.63) is 48.2 Å². The third kappa shape index (κ3) is 2.86. The van der Waals surface area contributed by atoms with Crippen LogP contribution in [0.2, 0.25) is 0 Å². The molecular weight excluding hydrogens is 368 g/mol. The molecule has 5 rings (SSSR count). The minimum absolute atomic E-state index is 0.346. The van der Waals surface area contributed by atoms with Crippen molar-refractivity contribution < 1.29 is 4.74 Å². The van der Waals surface area contributed by atoms with E-state index in [1.165, 1.54) is 0 Å². The van der Waals surface area contributed by atoms with E-state index >= 15 is 0 Å². The summed E-state index contributed by atoms with van der Waals surface area (Å²) in [5, 5.41) is 21.8. The fourth-order valence-electron chi connectivity index (χ4n) is 3.65. The topological polar surface area (TPSA) is 122 Å². The summed E-state index contributed by atoms with van der Waals surface area (Å²) in [4.78, 5) is 7.05. The molecule has 0 aliphatic carbocycles. The highest BCUT2D eigenvalue weighted by atomic mass is 16.5. The molecule has 0 spiro atoms. The van der Waals surface area contributed by atoms with Gasteiger partial charge >= 0.3 is 0 Å². The average Bonchev–Trinajstić information content (AvgIpc) is 3.42. The summed E-state index contributed by atoms with van der Waals surface area (Å²) in [7, 11) is 0. The maximum Gasteiger partial charge on any atom is 0.169 e. The number of nitrogens with two attached hydrogens (primary N) is 1. The first-order valence-corrected chi connectivity index (χ1v) is 9.27. The molecule has 1 aliphatic rings. The highest BCUT2D eigenvalue weighted by Gasteiger charge is 2.22. The molecule has 3 aromatic heterocycles. The molecule has 9 nitrogen and oxygen atoms in total. The number of nitrogens with one attached hydrogen (secondary N) is 1. The van der Waals surface area contributed by atoms with Crippen molar-refractivity contribution in [1.29, 1.82) is 5.26 Å². The third-order valence-corrected chi connectivity index (χ3v) is 5.04. The molecule has 0 saturated carbocycles. The molecule has 3 N–H and O–H groups in total. The third-order valence-electron chi connectivity index (χ3n) is 5.04. The first kappa shape index (κ1) is 17.2. The summed E-state index contributed by atoms with van der Waals surface area (Å²) >= 11 is 0. The second kappa shape index (κ2) is 6.92. The predicted molar refractivity (Wildman–Crippen MR) is 109 cm³/mol. The van der Waals surface area contributed by atoms with Crippen LogP contribution >= 0.6 is 0 Å². The van der Waals surface area contributed by atoms with E-state index in [4.69, 9.17) is 15.5 Å². The minimum atomic E-state index is 0.346. The summed E-state index contributed by atoms with van der Waals surface area (Å²) in [6, 6.07) is 13.5. The van der Waals surface area contributed by atoms with Gasteiger partial charge in [-0.2, -0.15) is 15.0 Å². The summed E-state index contributed by atoms with van der Waals surface area (Å²) in [5.41, 5.74) is 9.13. The number of ether oxygens (including phenoxy) is 1. The van der Waals surface area contributed by atoms with Crippen LogP contribution in [0.25, 0.3) is 28.0 Å². The molecule has 1 aliphatic heterocycles. The number of nitriles is 1. The van der Waals surface area contributed by atoms with E-state index in [2.05, 4.69) is 26.3 Å². The molecule has 1 aromatic carbocycles. The molecule has 0 amide bonds. The van der Waals surface area contributed by atoms with Crippen LogP contribution in [0, 0.1) is 11.3 Å². The van der Waals surface area contributed by atoms with Gasteiger partial charge in [-0.05, 0) is 12.1 Å². The number of anilines is 2. The monoisotopic (exact) mass is 386 g/mol. The molecule has 4 heterocycles. The van der Waals surface area contributed by atoms with Crippen molar-refractivity contribution in [2.75, 3.05) is 36.9 Å². The Morgan fingerprint density at radius 3 is 2.72 bits per heavy atom. The molecule has 4 aromatic rings. The lowest BCUT2D eigenvalue weighted by Gasteiger charge is -2.28. The largest absolute Gasteiger partial charge is 0.382 e. The number of nitrogens with zero attached hydrogens (tertiary/aromatic N) is 6. The van der Waals surface area contributed by atoms with Gasteiger partial charge in [-0.15, -0.1) is 5.10 Å². The zero-order valence-corrected chi connectivity index (χ0v) is 15.5. The number of H-pyrrole nitrogens is 1. The van der Waals surface area contributed by atoms with Crippen molar-refractivity contribution in [3.63, 3.8) is 0 Å². The van der Waals surface area contributed by atoms with Crippen LogP contribution in [0.15, 0.2) is 42.6 Å². The quantitative estimate of drug-likeness (QED) is 0.553. The lowest BCUT2D eigenvalue weighted by atomic mass is 9.98. The fraction of sp³-hybridized carbons (Fsp3) is 0.200. The summed E-state index contributed by atoms with van der Waals surface area (Å²) in [6.07, 6.45) is 1.65. The van der Waals surface area contributed by atoms with Crippen LogP contribution in [0.5, 0.6) is 0 Å². The first-order chi connectivity index (χ1) is 14.3. The summed E-state index contributed by atoms with van der Waals surface area (Å²) in [5.74, 6) is 1.81. The number of aromatic nitrogens is 5. The van der Waals surface area contributed by atoms with Crippen molar-refractivity contribution in [2.45, 2.75) is 0 Å². The van der Waals surface area contributed by atoms with Gasteiger partial charge in [0.05, 0.1) is 36.4 Å². The van der Waals surface area contributed by atoms with Crippen molar-refractivity contribution in [1.82, 2.24) is 25.0 Å². The van der Waals surface area contributed by atoms with Gasteiger partial charge in [0, 0.05) is 30.3 Å². The lowest BCUT2D eigenvalue weighted by Crippen LogP contribution is -2.36. The molecule has 0 bridgehead atoms. The second-order valence-electron chi connectivity index (χ2n) is 6.72. The molecule has 29 heavy (non-hydrogen) atoms. The first-order valence-electron chi connectivity index (χ1n) is 9.27. The number of rotatable bonds is 3. The lowest BCUT2D eigenvalue weighted by molar-refractivity contribution is 0.122. The number of benzene rings is 1. The number of morpholine rings is 1. The van der Waals surface area contributed by atoms with Crippen LogP contribution in [0.3, 0.4) is 0 Å². The van der Waals surface area contributed by atoms with Crippen LogP contribution in [0.4, 0.5) is 11.6 Å². The van der Waals surface area contributed by atoms with Gasteiger partial charge in [-0.3, -0.25) is 5.10 Å². The van der Waals surface area contributed by atoms with Crippen molar-refractivity contribution in [2.24, 2.45) is 0 Å². The van der Waals surface area contributed by atoms with E-state index in [9.17, 15) is 5.26 Å². The van der Waals surface area contributed by atoms with Crippen LogP contribution < -0.4 is 10.6 Å². The van der Waals surface area contributed by atoms with Gasteiger partial charge in [0.1, 0.15) is 5.82 Å². The maximum absolute atomic E-state index is 9.64. The van der Waals surface area contributed by atoms with Crippen LogP contribution in [0.1, 0.15) is 5.56 Å². The van der Waals surface area contributed by atoms with Gasteiger partial charge in [0.2, 0.25) is 0 Å². The van der Waals surface area contributed by atoms with Crippen molar-refractivity contribution >= 4 is 22.7 Å². The Hall–Kier alpha value is -3.90. The Morgan fingerprint density at radius 2 is 1.97 bits per heavy atom. The molecular formula is C20H18N8O. The van der Waals surface area contributed by atoms with Crippen LogP contribution in [-0.2, 0) is 4.74 Å². The Balaban J connectivity index is 1.82. The molecule has 144 valence electrons. The standard InChI is InChI=1S/C20H18N8O/c21-12-13-3-1-2-4-14(13)15-11-17(27-7-9-29-10-8-27)24-20-18(15)19(22)26-28(20)16-5-6-23-25-16/h1-6,11H,7-10H2,(H2,22,26)(H,23,25). The molecule has 0 unspecified atom stereocenters. The fourth-order valence-corrected chi connectivity index (χ4v) is 3.65. The SMILES string of the molecule is N#Cc1ccccc1-c1cc(N2CCOCC2)nc2c1c(N)nn2-c1ccn[nH]1. The molecule has 1 fully saturated rings. The number of pyridine rings is 1. The van der Waals surface area contributed by atoms with Gasteiger partial charge in [-0.1, -0.05) is 18.2 Å². The van der Waals surface area contributed by atoms with Gasteiger partial charge in [-0.25, -0.2) is 4.98 Å². The van der Waals surface area contributed by atoms with E-state index in [0.29, 0.717) is 41.4 Å². The normalized spacial score (nSPS) is 14.2. The van der Waals surface area contributed by atoms with Crippen LogP contribution in [-0.4, -0.2) is 51.3 Å². The van der Waals surface area contributed by atoms with E-state index in [1.54, 1.807) is 23.0 Å². The maximum atomic E-state index is 9.64. The van der Waals surface area contributed by atoms with E-state index < -0.39 is 0 Å². The predicted octanol–water partition coefficient (Wildman–Crippen LogP) is 2.10. The van der Waals surface area contributed by atoms with Crippen molar-refractivity contribution in [3.8, 4) is 23.0 Å². The molecule has 9 heteroatoms. The minimum Gasteiger partial charge on any atom is -0.382 e. The zero-order valence-electron chi connectivity index (χ0n) is 15.5. The number of aromatic amines is 1. The Kier molecular flexibility index (Phi) is 4.11. The molecule has 0 radical (unpaired) electrons. The smallest absolute Gasteiger partial charge is 0.169 e. The Morgan fingerprint density at radius 1 is 1.14 bits per heavy atom. The number of hydrogen-bond acceptors (Lipinski definition) is 7. The Bertz CT molecular complexity index is 1220. The number of fused-ring (bicyclic) bond motifs is 1. The van der Waals surface area contributed by atoms with Gasteiger partial charge in [0.15, 0.2) is 17.3 Å². The second-order valence-corrected chi connectivity index (χ2v) is 6.72. The highest BCUT2D eigenvalue weighted by molar-refractivity contribution is 6.02. The number of nitrogen functional groups attached to an aromatic ring is 1. The van der Waals surface area contributed by atoms with E-state index in [-0.39, 0.29) is 0 Å². The molecule has 1 saturated heterocycles. The molecule has 0 atom stereocenters. The van der Waals surface area contributed by atoms with Gasteiger partial charge in [0.25, 0.3) is 0 Å². The average molecular weight is 386 g/mol. The summed E-state index contributed by atoms with van der Waals surface area (Å²) in [6.45, 7) is 2.77. The summed E-state index contributed by atoms with van der Waals surface area (Å²) < 4.78 is 7.14. The zero-order chi connectivity index (χ0) is 19.8. The highest BCUT2D eigenvalue weighted by Crippen LogP contribution is 2.37. The Labute approximate surface area is 166 Å². The van der Waals surface area contributed by atoms with E-state index in [0.717, 1.165) is 30.0 Å². The van der Waals surface area contributed by atoms with Gasteiger partial charge < -0.3 is 15.4 Å². The van der Waals surface area contributed by atoms with E-state index in [1.807, 2.05) is 24.3 Å².